The fraction of sp³-hybridized carbons (Fsp3) is 0.258. The number of nitrogens with one attached hydrogen (secondary N) is 2. The summed E-state index contributed by atoms with van der Waals surface area (Å²) in [5, 5.41) is 6.77. The van der Waals surface area contributed by atoms with Crippen molar-refractivity contribution in [1.82, 2.24) is 19.8 Å². The number of pyridine rings is 1. The minimum atomic E-state index is -4.51. The van der Waals surface area contributed by atoms with Crippen LogP contribution < -0.4 is 10.6 Å². The van der Waals surface area contributed by atoms with Gasteiger partial charge in [-0.05, 0) is 80.5 Å². The lowest BCUT2D eigenvalue weighted by atomic mass is 9.96. The van der Waals surface area contributed by atoms with Gasteiger partial charge < -0.3 is 20.1 Å². The van der Waals surface area contributed by atoms with Gasteiger partial charge in [-0.2, -0.15) is 13.2 Å². The van der Waals surface area contributed by atoms with E-state index in [1.54, 1.807) is 23.8 Å². The van der Waals surface area contributed by atoms with E-state index in [1.165, 1.54) is 12.1 Å². The van der Waals surface area contributed by atoms with Crippen molar-refractivity contribution in [2.45, 2.75) is 45.5 Å². The number of aryl methyl sites for hydroxylation is 2. The summed E-state index contributed by atoms with van der Waals surface area (Å²) in [7, 11) is 0. The van der Waals surface area contributed by atoms with Crippen molar-refractivity contribution in [2.75, 3.05) is 11.9 Å². The van der Waals surface area contributed by atoms with Gasteiger partial charge in [0.05, 0.1) is 29.0 Å². The second-order valence-electron chi connectivity index (χ2n) is 10.1. The van der Waals surface area contributed by atoms with Crippen LogP contribution in [0, 0.1) is 20.8 Å². The molecule has 1 saturated heterocycles. The highest BCUT2D eigenvalue weighted by Gasteiger charge is 2.42. The number of halogens is 3. The molecule has 10 heteroatoms. The second kappa shape index (κ2) is 11.4. The van der Waals surface area contributed by atoms with E-state index in [1.807, 2.05) is 67.3 Å². The maximum Gasteiger partial charge on any atom is 0.418 e. The monoisotopic (exact) mass is 577 g/mol. The number of carbonyl (C=O) groups is 1. The zero-order chi connectivity index (χ0) is 29.3. The topological polar surface area (TPSA) is 62.2 Å². The molecule has 41 heavy (non-hydrogen) atoms. The van der Waals surface area contributed by atoms with E-state index < -0.39 is 17.8 Å². The molecule has 5 rings (SSSR count). The van der Waals surface area contributed by atoms with Crippen LogP contribution in [0.1, 0.15) is 52.3 Å². The van der Waals surface area contributed by atoms with Crippen LogP contribution in [0.3, 0.4) is 0 Å². The van der Waals surface area contributed by atoms with Gasteiger partial charge in [0.2, 0.25) is 5.91 Å². The van der Waals surface area contributed by atoms with Crippen LogP contribution >= 0.6 is 12.2 Å². The van der Waals surface area contributed by atoms with Crippen LogP contribution in [0.15, 0.2) is 79.0 Å². The summed E-state index contributed by atoms with van der Waals surface area (Å²) in [5.41, 5.74) is 3.92. The SMILES string of the molecule is Cc1ccccc1NC(=O)CCN1C(=S)N[C@H](c2ccccn2)[C@H]1c1cc(C)n(-c2ccccc2C(F)(F)F)c1C. The highest BCUT2D eigenvalue weighted by Crippen LogP contribution is 2.42. The molecule has 2 atom stereocenters. The number of benzene rings is 2. The number of hydrogen-bond donors (Lipinski definition) is 2. The standard InChI is InChI=1S/C31H30F3N5OS/c1-19-10-4-6-12-24(19)36-27(40)15-17-38-29(28(37-30(38)41)25-13-8-9-16-35-25)22-18-20(2)39(21(22)3)26-14-7-5-11-23(26)31(32,33)34/h4-14,16,18,28-29H,15,17H2,1-3H3,(H,36,40)(H,37,41)/t28-,29-/m1/s1. The quantitative estimate of drug-likeness (QED) is 0.236. The largest absolute Gasteiger partial charge is 0.418 e. The van der Waals surface area contributed by atoms with Crippen LogP contribution in [0.25, 0.3) is 5.69 Å². The molecular formula is C31H30F3N5OS. The van der Waals surface area contributed by atoms with Crippen molar-refractivity contribution >= 4 is 28.9 Å². The van der Waals surface area contributed by atoms with Crippen molar-refractivity contribution in [3.8, 4) is 5.69 Å². The number of aromatic nitrogens is 2. The van der Waals surface area contributed by atoms with E-state index in [0.717, 1.165) is 28.6 Å². The van der Waals surface area contributed by atoms with Crippen molar-refractivity contribution < 1.29 is 18.0 Å². The highest BCUT2D eigenvalue weighted by molar-refractivity contribution is 7.80. The number of anilines is 1. The summed E-state index contributed by atoms with van der Waals surface area (Å²) in [6, 6.07) is 19.8. The summed E-state index contributed by atoms with van der Waals surface area (Å²) < 4.78 is 43.5. The van der Waals surface area contributed by atoms with Gasteiger partial charge in [-0.3, -0.25) is 9.78 Å². The molecule has 1 fully saturated rings. The predicted molar refractivity (Wildman–Crippen MR) is 157 cm³/mol. The van der Waals surface area contributed by atoms with Crippen LogP contribution in [-0.2, 0) is 11.0 Å². The Bertz CT molecular complexity index is 1580. The van der Waals surface area contributed by atoms with Crippen LogP contribution in [0.2, 0.25) is 0 Å². The minimum absolute atomic E-state index is 0.0633. The Morgan fingerprint density at radius 3 is 2.44 bits per heavy atom. The third kappa shape index (κ3) is 5.69. The average molecular weight is 578 g/mol. The number of rotatable bonds is 7. The summed E-state index contributed by atoms with van der Waals surface area (Å²) in [4.78, 5) is 19.4. The Balaban J connectivity index is 1.52. The third-order valence-corrected chi connectivity index (χ3v) is 7.79. The van der Waals surface area contributed by atoms with Crippen LogP contribution in [-0.4, -0.2) is 32.0 Å². The lowest BCUT2D eigenvalue weighted by Gasteiger charge is -2.28. The number of para-hydroxylation sites is 2. The Hall–Kier alpha value is -4.18. The molecule has 0 radical (unpaired) electrons. The highest BCUT2D eigenvalue weighted by atomic mass is 32.1. The fourth-order valence-corrected chi connectivity index (χ4v) is 5.83. The zero-order valence-electron chi connectivity index (χ0n) is 22.9. The van der Waals surface area contributed by atoms with Crippen LogP contribution in [0.5, 0.6) is 0 Å². The summed E-state index contributed by atoms with van der Waals surface area (Å²) >= 11 is 5.74. The zero-order valence-corrected chi connectivity index (χ0v) is 23.7. The predicted octanol–water partition coefficient (Wildman–Crippen LogP) is 6.82. The molecule has 1 aliphatic heterocycles. The fourth-order valence-electron chi connectivity index (χ4n) is 5.50. The maximum absolute atomic E-state index is 14.0. The van der Waals surface area contributed by atoms with Gasteiger partial charge in [0.25, 0.3) is 0 Å². The maximum atomic E-state index is 14.0. The Morgan fingerprint density at radius 1 is 1.02 bits per heavy atom. The normalized spacial score (nSPS) is 17.0. The average Bonchev–Trinajstić information content (AvgIpc) is 3.42. The molecule has 6 nitrogen and oxygen atoms in total. The van der Waals surface area contributed by atoms with Gasteiger partial charge in [0.15, 0.2) is 5.11 Å². The third-order valence-electron chi connectivity index (χ3n) is 7.44. The molecule has 2 aromatic carbocycles. The van der Waals surface area contributed by atoms with Crippen molar-refractivity contribution in [3.05, 3.63) is 113 Å². The first-order chi connectivity index (χ1) is 19.6. The molecule has 212 valence electrons. The minimum Gasteiger partial charge on any atom is -0.352 e. The van der Waals surface area contributed by atoms with Crippen molar-refractivity contribution in [2.24, 2.45) is 0 Å². The molecule has 2 N–H and O–H groups in total. The number of amides is 1. The van der Waals surface area contributed by atoms with Gasteiger partial charge >= 0.3 is 6.18 Å². The van der Waals surface area contributed by atoms with Crippen molar-refractivity contribution in [1.29, 1.82) is 0 Å². The van der Waals surface area contributed by atoms with Gasteiger partial charge in [-0.1, -0.05) is 36.4 Å². The lowest BCUT2D eigenvalue weighted by molar-refractivity contribution is -0.137. The number of nitrogens with zero attached hydrogens (tertiary/aromatic N) is 3. The Labute approximate surface area is 242 Å². The molecule has 0 unspecified atom stereocenters. The Kier molecular flexibility index (Phi) is 7.86. The van der Waals surface area contributed by atoms with E-state index in [-0.39, 0.29) is 24.1 Å². The number of carbonyl (C=O) groups excluding carboxylic acids is 1. The molecule has 0 aliphatic carbocycles. The van der Waals surface area contributed by atoms with E-state index >= 15 is 0 Å². The summed E-state index contributed by atoms with van der Waals surface area (Å²) in [6.07, 6.45) is -2.65. The van der Waals surface area contributed by atoms with Crippen LogP contribution in [0.4, 0.5) is 18.9 Å². The molecule has 2 aromatic heterocycles. The lowest BCUT2D eigenvalue weighted by Crippen LogP contribution is -2.33. The molecule has 0 saturated carbocycles. The van der Waals surface area contributed by atoms with Gasteiger partial charge in [-0.15, -0.1) is 0 Å². The summed E-state index contributed by atoms with van der Waals surface area (Å²) in [6.45, 7) is 5.84. The molecule has 4 aromatic rings. The summed E-state index contributed by atoms with van der Waals surface area (Å²) in [5.74, 6) is -0.160. The Morgan fingerprint density at radius 2 is 1.73 bits per heavy atom. The molecule has 0 spiro atoms. The molecule has 1 amide bonds. The molecule has 3 heterocycles. The van der Waals surface area contributed by atoms with Crippen molar-refractivity contribution in [3.63, 3.8) is 0 Å². The number of thiocarbonyl (C=S) groups is 1. The van der Waals surface area contributed by atoms with Gasteiger partial charge in [0.1, 0.15) is 0 Å². The first kappa shape index (κ1) is 28.4. The van der Waals surface area contributed by atoms with E-state index in [2.05, 4.69) is 15.6 Å². The van der Waals surface area contributed by atoms with E-state index in [9.17, 15) is 18.0 Å². The van der Waals surface area contributed by atoms with E-state index in [0.29, 0.717) is 23.0 Å². The number of hydrogen-bond acceptors (Lipinski definition) is 3. The first-order valence-corrected chi connectivity index (χ1v) is 13.7. The smallest absolute Gasteiger partial charge is 0.352 e. The van der Waals surface area contributed by atoms with Gasteiger partial charge in [-0.25, -0.2) is 0 Å². The number of alkyl halides is 3. The molecular weight excluding hydrogens is 547 g/mol. The molecule has 1 aliphatic rings. The van der Waals surface area contributed by atoms with Gasteiger partial charge in [0, 0.05) is 36.2 Å². The molecule has 0 bridgehead atoms. The second-order valence-corrected chi connectivity index (χ2v) is 10.5. The first-order valence-electron chi connectivity index (χ1n) is 13.2. The van der Waals surface area contributed by atoms with E-state index in [4.69, 9.17) is 12.2 Å².